The molecule has 1 aromatic carbocycles. The van der Waals surface area contributed by atoms with Gasteiger partial charge < -0.3 is 10.1 Å². The van der Waals surface area contributed by atoms with Crippen LogP contribution in [-0.2, 0) is 16.0 Å². The molecule has 1 aliphatic carbocycles. The second-order valence-corrected chi connectivity index (χ2v) is 7.13. The average Bonchev–Trinajstić information content (AvgIpc) is 3.34. The van der Waals surface area contributed by atoms with Gasteiger partial charge in [-0.25, -0.2) is 9.48 Å². The number of amides is 1. The molecule has 2 N–H and O–H groups in total. The Balaban J connectivity index is 1.41. The van der Waals surface area contributed by atoms with Crippen molar-refractivity contribution < 1.29 is 14.3 Å². The first kappa shape index (κ1) is 18.9. The van der Waals surface area contributed by atoms with Crippen molar-refractivity contribution in [3.8, 4) is 5.69 Å². The van der Waals surface area contributed by atoms with E-state index in [9.17, 15) is 9.59 Å². The molecule has 1 amide bonds. The van der Waals surface area contributed by atoms with Crippen molar-refractivity contribution in [1.29, 1.82) is 0 Å². The summed E-state index contributed by atoms with van der Waals surface area (Å²) >= 11 is 0. The molecule has 4 rings (SSSR count). The first-order valence-corrected chi connectivity index (χ1v) is 9.80. The zero-order valence-corrected chi connectivity index (χ0v) is 16.2. The second-order valence-electron chi connectivity index (χ2n) is 7.13. The summed E-state index contributed by atoms with van der Waals surface area (Å²) in [6.07, 6.45) is 3.96. The van der Waals surface area contributed by atoms with E-state index < -0.39 is 18.5 Å². The molecule has 150 valence electrons. The van der Waals surface area contributed by atoms with Crippen molar-refractivity contribution >= 4 is 17.7 Å². The summed E-state index contributed by atoms with van der Waals surface area (Å²) in [5, 5.41) is 14.2. The van der Waals surface area contributed by atoms with Crippen LogP contribution in [-0.4, -0.2) is 38.5 Å². The van der Waals surface area contributed by atoms with Crippen molar-refractivity contribution in [1.82, 2.24) is 20.0 Å². The number of anilines is 1. The SMILES string of the molecule is CCCc1cc(C(=O)OCC(=O)Nc2cc(C3CC3)nn2-c2ccccc2)n[nH]1. The summed E-state index contributed by atoms with van der Waals surface area (Å²) in [6, 6.07) is 13.1. The third kappa shape index (κ3) is 4.53. The Morgan fingerprint density at radius 3 is 2.76 bits per heavy atom. The van der Waals surface area contributed by atoms with Crippen LogP contribution in [0.25, 0.3) is 5.69 Å². The maximum atomic E-state index is 12.4. The maximum absolute atomic E-state index is 12.4. The highest BCUT2D eigenvalue weighted by molar-refractivity contribution is 5.94. The molecule has 0 unspecified atom stereocenters. The number of aromatic nitrogens is 4. The van der Waals surface area contributed by atoms with E-state index in [1.807, 2.05) is 43.3 Å². The molecule has 0 saturated heterocycles. The molecule has 0 aliphatic heterocycles. The number of aryl methyl sites for hydroxylation is 1. The van der Waals surface area contributed by atoms with Gasteiger partial charge in [0, 0.05) is 17.7 Å². The molecular weight excluding hydrogens is 370 g/mol. The molecule has 8 nitrogen and oxygen atoms in total. The predicted octanol–water partition coefficient (Wildman–Crippen LogP) is 3.22. The number of H-pyrrole nitrogens is 1. The van der Waals surface area contributed by atoms with Crippen molar-refractivity contribution in [2.75, 3.05) is 11.9 Å². The van der Waals surface area contributed by atoms with Gasteiger partial charge in [-0.1, -0.05) is 31.5 Å². The minimum atomic E-state index is -0.631. The van der Waals surface area contributed by atoms with E-state index in [2.05, 4.69) is 20.6 Å². The molecule has 1 aliphatic rings. The van der Waals surface area contributed by atoms with Gasteiger partial charge in [0.1, 0.15) is 5.82 Å². The van der Waals surface area contributed by atoms with Crippen LogP contribution < -0.4 is 5.32 Å². The number of esters is 1. The Kier molecular flexibility index (Phi) is 5.41. The van der Waals surface area contributed by atoms with E-state index in [0.717, 1.165) is 42.8 Å². The van der Waals surface area contributed by atoms with E-state index in [1.165, 1.54) is 0 Å². The first-order chi connectivity index (χ1) is 14.1. The molecule has 2 heterocycles. The molecule has 3 aromatic rings. The summed E-state index contributed by atoms with van der Waals surface area (Å²) in [6.45, 7) is 1.64. The molecular formula is C21H23N5O3. The van der Waals surface area contributed by atoms with Gasteiger partial charge in [-0.15, -0.1) is 0 Å². The average molecular weight is 393 g/mol. The normalized spacial score (nSPS) is 13.3. The van der Waals surface area contributed by atoms with Gasteiger partial charge in [0.25, 0.3) is 5.91 Å². The number of para-hydroxylation sites is 1. The number of benzene rings is 1. The summed E-state index contributed by atoms with van der Waals surface area (Å²) < 4.78 is 6.81. The Bertz CT molecular complexity index is 1000. The van der Waals surface area contributed by atoms with Crippen LogP contribution >= 0.6 is 0 Å². The van der Waals surface area contributed by atoms with Crippen LogP contribution in [0.15, 0.2) is 42.5 Å². The standard InChI is InChI=1S/C21H23N5O3/c1-2-6-15-11-18(24-23-15)21(28)29-13-20(27)22-19-12-17(14-9-10-14)25-26(19)16-7-4-3-5-8-16/h3-5,7-8,11-12,14H,2,6,9-10,13H2,1H3,(H,22,27)(H,23,24). The van der Waals surface area contributed by atoms with Gasteiger partial charge in [0.05, 0.1) is 11.4 Å². The van der Waals surface area contributed by atoms with Crippen LogP contribution in [0, 0.1) is 0 Å². The fourth-order valence-electron chi connectivity index (χ4n) is 3.08. The Hall–Kier alpha value is -3.42. The Morgan fingerprint density at radius 1 is 1.24 bits per heavy atom. The maximum Gasteiger partial charge on any atom is 0.359 e. The number of carbonyl (C=O) groups excluding carboxylic acids is 2. The Morgan fingerprint density at radius 2 is 2.03 bits per heavy atom. The molecule has 0 spiro atoms. The number of rotatable bonds is 8. The quantitative estimate of drug-likeness (QED) is 0.572. The lowest BCUT2D eigenvalue weighted by molar-refractivity contribution is -0.119. The minimum absolute atomic E-state index is 0.173. The van der Waals surface area contributed by atoms with Gasteiger partial charge in [0.2, 0.25) is 0 Å². The molecule has 1 saturated carbocycles. The van der Waals surface area contributed by atoms with Gasteiger partial charge in [-0.3, -0.25) is 9.89 Å². The number of carbonyl (C=O) groups is 2. The number of aromatic amines is 1. The highest BCUT2D eigenvalue weighted by Crippen LogP contribution is 2.40. The van der Waals surface area contributed by atoms with Crippen molar-refractivity contribution in [3.63, 3.8) is 0 Å². The highest BCUT2D eigenvalue weighted by Gasteiger charge is 2.28. The van der Waals surface area contributed by atoms with Crippen LogP contribution in [0.4, 0.5) is 5.82 Å². The van der Waals surface area contributed by atoms with Crippen molar-refractivity contribution in [2.45, 2.75) is 38.5 Å². The second kappa shape index (κ2) is 8.30. The zero-order valence-electron chi connectivity index (χ0n) is 16.2. The first-order valence-electron chi connectivity index (χ1n) is 9.80. The lowest BCUT2D eigenvalue weighted by Crippen LogP contribution is -2.22. The molecule has 0 atom stereocenters. The number of hydrogen-bond acceptors (Lipinski definition) is 5. The molecule has 0 radical (unpaired) electrons. The van der Waals surface area contributed by atoms with Gasteiger partial charge in [0.15, 0.2) is 12.3 Å². The molecule has 2 aromatic heterocycles. The molecule has 8 heteroatoms. The number of ether oxygens (including phenoxy) is 1. The lowest BCUT2D eigenvalue weighted by Gasteiger charge is -2.09. The van der Waals surface area contributed by atoms with Crippen LogP contribution in [0.3, 0.4) is 0 Å². The predicted molar refractivity (Wildman–Crippen MR) is 107 cm³/mol. The van der Waals surface area contributed by atoms with Gasteiger partial charge >= 0.3 is 5.97 Å². The largest absolute Gasteiger partial charge is 0.451 e. The zero-order chi connectivity index (χ0) is 20.2. The summed E-state index contributed by atoms with van der Waals surface area (Å²) in [7, 11) is 0. The lowest BCUT2D eigenvalue weighted by atomic mass is 10.2. The molecule has 0 bridgehead atoms. The third-order valence-corrected chi connectivity index (χ3v) is 4.69. The third-order valence-electron chi connectivity index (χ3n) is 4.69. The monoisotopic (exact) mass is 393 g/mol. The fourth-order valence-corrected chi connectivity index (χ4v) is 3.08. The van der Waals surface area contributed by atoms with Gasteiger partial charge in [-0.05, 0) is 37.5 Å². The topological polar surface area (TPSA) is 102 Å². The number of nitrogens with one attached hydrogen (secondary N) is 2. The number of hydrogen-bond donors (Lipinski definition) is 2. The summed E-state index contributed by atoms with van der Waals surface area (Å²) in [5.41, 5.74) is 2.85. The summed E-state index contributed by atoms with van der Waals surface area (Å²) in [4.78, 5) is 24.5. The number of nitrogens with zero attached hydrogens (tertiary/aromatic N) is 3. The fraction of sp³-hybridized carbons (Fsp3) is 0.333. The van der Waals surface area contributed by atoms with Crippen LogP contribution in [0.2, 0.25) is 0 Å². The van der Waals surface area contributed by atoms with Gasteiger partial charge in [-0.2, -0.15) is 10.2 Å². The summed E-state index contributed by atoms with van der Waals surface area (Å²) in [5.74, 6) is -0.0503. The smallest absolute Gasteiger partial charge is 0.359 e. The van der Waals surface area contributed by atoms with Crippen LogP contribution in [0.5, 0.6) is 0 Å². The van der Waals surface area contributed by atoms with E-state index in [0.29, 0.717) is 11.7 Å². The van der Waals surface area contributed by atoms with Crippen molar-refractivity contribution in [2.24, 2.45) is 0 Å². The van der Waals surface area contributed by atoms with Crippen LogP contribution in [0.1, 0.15) is 54.0 Å². The van der Waals surface area contributed by atoms with E-state index >= 15 is 0 Å². The minimum Gasteiger partial charge on any atom is -0.451 e. The highest BCUT2D eigenvalue weighted by atomic mass is 16.5. The van der Waals surface area contributed by atoms with E-state index in [-0.39, 0.29) is 5.69 Å². The van der Waals surface area contributed by atoms with E-state index in [1.54, 1.807) is 10.7 Å². The Labute approximate surface area is 168 Å². The van der Waals surface area contributed by atoms with E-state index in [4.69, 9.17) is 4.74 Å². The molecule has 29 heavy (non-hydrogen) atoms. The van der Waals surface area contributed by atoms with Crippen molar-refractivity contribution in [3.05, 3.63) is 59.5 Å². The molecule has 1 fully saturated rings.